The molecule has 0 aromatic heterocycles. The van der Waals surface area contributed by atoms with Crippen LogP contribution < -0.4 is 0 Å². The number of rotatable bonds is 41. The molecule has 0 N–H and O–H groups in total. The molecule has 0 aliphatic heterocycles. The van der Waals surface area contributed by atoms with Gasteiger partial charge < -0.3 is 14.2 Å². The summed E-state index contributed by atoms with van der Waals surface area (Å²) in [4.78, 5) is 37.8. The average molecular weight is 795 g/mol. The van der Waals surface area contributed by atoms with Gasteiger partial charge in [0.25, 0.3) is 0 Å². The summed E-state index contributed by atoms with van der Waals surface area (Å²) in [5, 5.41) is 0. The molecule has 0 fully saturated rings. The predicted octanol–water partition coefficient (Wildman–Crippen LogP) is 15.1. The maximum absolute atomic E-state index is 12.7. The van der Waals surface area contributed by atoms with E-state index in [1.54, 1.807) is 0 Å². The van der Waals surface area contributed by atoms with Crippen LogP contribution in [0.5, 0.6) is 0 Å². The molecule has 0 heterocycles. The van der Waals surface area contributed by atoms with E-state index in [4.69, 9.17) is 14.2 Å². The Morgan fingerprint density at radius 3 is 1.18 bits per heavy atom. The second kappa shape index (κ2) is 45.6. The maximum atomic E-state index is 12.7. The molecule has 0 aromatic carbocycles. The van der Waals surface area contributed by atoms with Crippen molar-refractivity contribution in [2.45, 2.75) is 219 Å². The van der Waals surface area contributed by atoms with Gasteiger partial charge in [0, 0.05) is 19.3 Å². The highest BCUT2D eigenvalue weighted by Crippen LogP contribution is 2.13. The van der Waals surface area contributed by atoms with Gasteiger partial charge in [-0.05, 0) is 96.3 Å². The lowest BCUT2D eigenvalue weighted by atomic mass is 10.1. The van der Waals surface area contributed by atoms with Gasteiger partial charge in [0.1, 0.15) is 13.2 Å². The Morgan fingerprint density at radius 2 is 0.702 bits per heavy atom. The first-order valence-corrected chi connectivity index (χ1v) is 23.4. The number of unbranched alkanes of at least 4 members (excludes halogenated alkanes) is 18. The standard InChI is InChI=1S/C51H86O6/c1-4-7-10-13-16-19-22-24-26-29-32-35-38-41-44-50(53)56-47-48(46-55-49(52)43-40-37-34-31-28-21-18-15-12-9-6-3)57-51(54)45-42-39-36-33-30-27-25-23-20-17-14-11-8-5-2/h7,9-10,12,16,18-19,21,27,30-31,34,48H,4-6,8,11,13-15,17,20,22-26,28-29,32-33,35-47H2,1-3H3/b10-7-,12-9-,19-16-,21-18-,30-27-,34-31-. The Labute approximate surface area is 351 Å². The number of carbonyl (C=O) groups excluding carboxylic acids is 3. The highest BCUT2D eigenvalue weighted by Gasteiger charge is 2.19. The molecular weight excluding hydrogens is 709 g/mol. The number of carbonyl (C=O) groups is 3. The summed E-state index contributed by atoms with van der Waals surface area (Å²) >= 11 is 0. The van der Waals surface area contributed by atoms with Crippen LogP contribution in [-0.2, 0) is 28.6 Å². The van der Waals surface area contributed by atoms with Crippen molar-refractivity contribution in [3.05, 3.63) is 72.9 Å². The lowest BCUT2D eigenvalue weighted by Gasteiger charge is -2.18. The summed E-state index contributed by atoms with van der Waals surface area (Å²) in [7, 11) is 0. The predicted molar refractivity (Wildman–Crippen MR) is 242 cm³/mol. The zero-order valence-electron chi connectivity index (χ0n) is 37.1. The fourth-order valence-corrected chi connectivity index (χ4v) is 6.20. The van der Waals surface area contributed by atoms with Crippen molar-refractivity contribution in [2.24, 2.45) is 0 Å². The number of allylic oxidation sites excluding steroid dienone is 12. The fraction of sp³-hybridized carbons (Fsp3) is 0.706. The molecule has 1 atom stereocenters. The smallest absolute Gasteiger partial charge is 0.306 e. The van der Waals surface area contributed by atoms with Crippen molar-refractivity contribution < 1.29 is 28.6 Å². The first-order chi connectivity index (χ1) is 28.0. The van der Waals surface area contributed by atoms with Crippen molar-refractivity contribution >= 4 is 17.9 Å². The molecule has 0 aliphatic rings. The first kappa shape index (κ1) is 53.9. The van der Waals surface area contributed by atoms with Gasteiger partial charge in [0.05, 0.1) is 0 Å². The molecule has 0 saturated carbocycles. The van der Waals surface area contributed by atoms with Gasteiger partial charge >= 0.3 is 17.9 Å². The van der Waals surface area contributed by atoms with Crippen LogP contribution in [0.3, 0.4) is 0 Å². The van der Waals surface area contributed by atoms with E-state index in [-0.39, 0.29) is 37.5 Å². The van der Waals surface area contributed by atoms with Crippen molar-refractivity contribution in [1.82, 2.24) is 0 Å². The monoisotopic (exact) mass is 795 g/mol. The van der Waals surface area contributed by atoms with Gasteiger partial charge in [-0.1, -0.05) is 171 Å². The third-order valence-corrected chi connectivity index (χ3v) is 9.68. The van der Waals surface area contributed by atoms with E-state index in [1.165, 1.54) is 70.6 Å². The van der Waals surface area contributed by atoms with E-state index in [0.717, 1.165) is 96.3 Å². The minimum absolute atomic E-state index is 0.102. The minimum atomic E-state index is -0.804. The van der Waals surface area contributed by atoms with Gasteiger partial charge in [-0.25, -0.2) is 0 Å². The van der Waals surface area contributed by atoms with Gasteiger partial charge in [-0.3, -0.25) is 14.4 Å². The second-order valence-corrected chi connectivity index (χ2v) is 15.2. The zero-order chi connectivity index (χ0) is 41.5. The van der Waals surface area contributed by atoms with Gasteiger partial charge in [0.15, 0.2) is 6.10 Å². The highest BCUT2D eigenvalue weighted by atomic mass is 16.6. The van der Waals surface area contributed by atoms with Crippen LogP contribution in [0.25, 0.3) is 0 Å². The van der Waals surface area contributed by atoms with Gasteiger partial charge in [-0.15, -0.1) is 0 Å². The van der Waals surface area contributed by atoms with E-state index in [2.05, 4.69) is 93.7 Å². The minimum Gasteiger partial charge on any atom is -0.462 e. The largest absolute Gasteiger partial charge is 0.462 e. The van der Waals surface area contributed by atoms with Crippen molar-refractivity contribution in [3.63, 3.8) is 0 Å². The van der Waals surface area contributed by atoms with E-state index >= 15 is 0 Å². The van der Waals surface area contributed by atoms with E-state index in [9.17, 15) is 14.4 Å². The van der Waals surface area contributed by atoms with Crippen molar-refractivity contribution in [1.29, 1.82) is 0 Å². The van der Waals surface area contributed by atoms with Crippen LogP contribution in [0.2, 0.25) is 0 Å². The number of ether oxygens (including phenoxy) is 3. The summed E-state index contributed by atoms with van der Waals surface area (Å²) in [5.74, 6) is -0.987. The number of hydrogen-bond acceptors (Lipinski definition) is 6. The summed E-state index contributed by atoms with van der Waals surface area (Å²) in [6.07, 6.45) is 56.1. The molecular formula is C51H86O6. The maximum Gasteiger partial charge on any atom is 0.306 e. The third-order valence-electron chi connectivity index (χ3n) is 9.68. The van der Waals surface area contributed by atoms with E-state index in [1.807, 2.05) is 0 Å². The Morgan fingerprint density at radius 1 is 0.368 bits per heavy atom. The number of esters is 3. The molecule has 326 valence electrons. The molecule has 0 aliphatic carbocycles. The van der Waals surface area contributed by atoms with Gasteiger partial charge in [0.2, 0.25) is 0 Å². The zero-order valence-corrected chi connectivity index (χ0v) is 37.1. The molecule has 0 rings (SSSR count). The fourth-order valence-electron chi connectivity index (χ4n) is 6.20. The summed E-state index contributed by atoms with van der Waals surface area (Å²) in [6.45, 7) is 6.33. The Balaban J connectivity index is 4.47. The molecule has 0 saturated heterocycles. The topological polar surface area (TPSA) is 78.9 Å². The van der Waals surface area contributed by atoms with Crippen molar-refractivity contribution in [2.75, 3.05) is 13.2 Å². The van der Waals surface area contributed by atoms with Crippen LogP contribution in [0.15, 0.2) is 72.9 Å². The molecule has 6 heteroatoms. The second-order valence-electron chi connectivity index (χ2n) is 15.2. The molecule has 0 radical (unpaired) electrons. The lowest BCUT2D eigenvalue weighted by molar-refractivity contribution is -0.167. The molecule has 1 unspecified atom stereocenters. The van der Waals surface area contributed by atoms with E-state index in [0.29, 0.717) is 19.3 Å². The highest BCUT2D eigenvalue weighted by molar-refractivity contribution is 5.71. The summed E-state index contributed by atoms with van der Waals surface area (Å²) in [5.41, 5.74) is 0. The van der Waals surface area contributed by atoms with Crippen LogP contribution in [0.1, 0.15) is 213 Å². The molecule has 57 heavy (non-hydrogen) atoms. The van der Waals surface area contributed by atoms with E-state index < -0.39 is 6.10 Å². The Hall–Kier alpha value is -3.15. The first-order valence-electron chi connectivity index (χ1n) is 23.4. The Bertz CT molecular complexity index is 1100. The third kappa shape index (κ3) is 43.8. The quantitative estimate of drug-likeness (QED) is 0.0265. The normalized spacial score (nSPS) is 12.7. The van der Waals surface area contributed by atoms with Crippen molar-refractivity contribution in [3.8, 4) is 0 Å². The van der Waals surface area contributed by atoms with Crippen LogP contribution in [-0.4, -0.2) is 37.2 Å². The van der Waals surface area contributed by atoms with Crippen LogP contribution in [0, 0.1) is 0 Å². The number of hydrogen-bond donors (Lipinski definition) is 0. The molecule has 0 amide bonds. The van der Waals surface area contributed by atoms with Crippen LogP contribution in [0.4, 0.5) is 0 Å². The Kier molecular flexibility index (Phi) is 43.0. The molecule has 0 spiro atoms. The van der Waals surface area contributed by atoms with Crippen LogP contribution >= 0.6 is 0 Å². The SMILES string of the molecule is CC/C=C\C/C=C\C/C=C\CCCC(=O)OCC(COC(=O)CCCCCCCCC/C=C\C/C=C\CC)OC(=O)CCCCC/C=C\CCCCCCCCC. The molecule has 6 nitrogen and oxygen atoms in total. The summed E-state index contributed by atoms with van der Waals surface area (Å²) in [6, 6.07) is 0. The molecule has 0 aromatic rings. The average Bonchev–Trinajstić information content (AvgIpc) is 3.21. The van der Waals surface area contributed by atoms with Gasteiger partial charge in [-0.2, -0.15) is 0 Å². The summed E-state index contributed by atoms with van der Waals surface area (Å²) < 4.78 is 16.7. The lowest BCUT2D eigenvalue weighted by Crippen LogP contribution is -2.30. The molecule has 0 bridgehead atoms.